The topological polar surface area (TPSA) is 76.2 Å². The number of amides is 1. The van der Waals surface area contributed by atoms with E-state index in [0.717, 1.165) is 51.7 Å². The first kappa shape index (κ1) is 23.1. The standard InChI is InChI=1S/C28H29N3O3/c1-4-23(20-10-6-5-7-11-20)28(32)30-17-19-9-8-12-21(15-19)27-29-18-25(31-27)24-16-22(33-2)13-14-26(24)34-3/h5-16,18,23H,4,17H2,1-3H3,(H,29,31)(H,30,32)/t23-/m1/s1. The van der Waals surface area contributed by atoms with Crippen LogP contribution in [0.3, 0.4) is 0 Å². The molecule has 0 fully saturated rings. The third kappa shape index (κ3) is 5.12. The number of H-pyrrole nitrogens is 1. The normalized spacial score (nSPS) is 11.6. The molecule has 34 heavy (non-hydrogen) atoms. The molecule has 0 aliphatic heterocycles. The predicted molar refractivity (Wildman–Crippen MR) is 134 cm³/mol. The maximum absolute atomic E-state index is 12.8. The minimum Gasteiger partial charge on any atom is -0.497 e. The highest BCUT2D eigenvalue weighted by molar-refractivity contribution is 5.83. The van der Waals surface area contributed by atoms with Crippen LogP contribution in [0, 0.1) is 0 Å². The van der Waals surface area contributed by atoms with Crippen LogP contribution >= 0.6 is 0 Å². The van der Waals surface area contributed by atoms with Crippen molar-refractivity contribution in [1.82, 2.24) is 15.3 Å². The molecular formula is C28H29N3O3. The molecular weight excluding hydrogens is 426 g/mol. The Hall–Kier alpha value is -4.06. The molecule has 0 saturated carbocycles. The fraction of sp³-hybridized carbons (Fsp3) is 0.214. The van der Waals surface area contributed by atoms with Crippen molar-refractivity contribution in [3.8, 4) is 34.1 Å². The van der Waals surface area contributed by atoms with E-state index in [9.17, 15) is 4.79 Å². The Morgan fingerprint density at radius 2 is 1.82 bits per heavy atom. The lowest BCUT2D eigenvalue weighted by molar-refractivity contribution is -0.122. The lowest BCUT2D eigenvalue weighted by atomic mass is 9.95. The van der Waals surface area contributed by atoms with Crippen LogP contribution in [0.5, 0.6) is 11.5 Å². The number of ether oxygens (including phenoxy) is 2. The highest BCUT2D eigenvalue weighted by Crippen LogP contribution is 2.33. The fourth-order valence-electron chi connectivity index (χ4n) is 4.03. The van der Waals surface area contributed by atoms with E-state index < -0.39 is 0 Å². The second-order valence-electron chi connectivity index (χ2n) is 8.00. The Kier molecular flexibility index (Phi) is 7.28. The smallest absolute Gasteiger partial charge is 0.227 e. The van der Waals surface area contributed by atoms with E-state index in [1.807, 2.05) is 79.7 Å². The number of hydrogen-bond acceptors (Lipinski definition) is 4. The van der Waals surface area contributed by atoms with Crippen LogP contribution in [0.15, 0.2) is 79.0 Å². The second kappa shape index (κ2) is 10.7. The number of benzene rings is 3. The molecule has 0 bridgehead atoms. The average Bonchev–Trinajstić information content (AvgIpc) is 3.39. The third-order valence-corrected chi connectivity index (χ3v) is 5.87. The molecule has 4 aromatic rings. The zero-order valence-electron chi connectivity index (χ0n) is 19.7. The molecule has 174 valence electrons. The van der Waals surface area contributed by atoms with Gasteiger partial charge >= 0.3 is 0 Å². The number of carbonyl (C=O) groups excluding carboxylic acids is 1. The van der Waals surface area contributed by atoms with E-state index in [1.54, 1.807) is 20.4 Å². The van der Waals surface area contributed by atoms with Crippen molar-refractivity contribution in [2.45, 2.75) is 25.8 Å². The minimum absolute atomic E-state index is 0.0320. The first-order valence-corrected chi connectivity index (χ1v) is 11.3. The minimum atomic E-state index is -0.158. The molecule has 2 N–H and O–H groups in total. The molecule has 6 heteroatoms. The van der Waals surface area contributed by atoms with E-state index in [2.05, 4.69) is 15.3 Å². The molecule has 0 unspecified atom stereocenters. The van der Waals surface area contributed by atoms with Crippen LogP contribution < -0.4 is 14.8 Å². The number of nitrogens with one attached hydrogen (secondary N) is 2. The molecule has 1 aromatic heterocycles. The van der Waals surface area contributed by atoms with Crippen LogP contribution in [-0.2, 0) is 11.3 Å². The quantitative estimate of drug-likeness (QED) is 0.346. The van der Waals surface area contributed by atoms with Crippen LogP contribution in [-0.4, -0.2) is 30.1 Å². The van der Waals surface area contributed by atoms with Crippen molar-refractivity contribution < 1.29 is 14.3 Å². The van der Waals surface area contributed by atoms with Gasteiger partial charge in [-0.05, 0) is 41.8 Å². The van der Waals surface area contributed by atoms with Gasteiger partial charge in [-0.3, -0.25) is 4.79 Å². The van der Waals surface area contributed by atoms with Gasteiger partial charge in [-0.25, -0.2) is 4.98 Å². The summed E-state index contributed by atoms with van der Waals surface area (Å²) in [5, 5.41) is 3.09. The number of aromatic nitrogens is 2. The van der Waals surface area contributed by atoms with Crippen molar-refractivity contribution in [3.05, 3.63) is 90.1 Å². The van der Waals surface area contributed by atoms with Gasteiger partial charge in [-0.1, -0.05) is 55.5 Å². The first-order valence-electron chi connectivity index (χ1n) is 11.3. The lowest BCUT2D eigenvalue weighted by Crippen LogP contribution is -2.28. The largest absolute Gasteiger partial charge is 0.497 e. The second-order valence-corrected chi connectivity index (χ2v) is 8.00. The van der Waals surface area contributed by atoms with E-state index in [0.29, 0.717) is 6.54 Å². The molecule has 1 heterocycles. The molecule has 0 aliphatic carbocycles. The summed E-state index contributed by atoms with van der Waals surface area (Å²) in [4.78, 5) is 20.8. The van der Waals surface area contributed by atoms with E-state index in [-0.39, 0.29) is 11.8 Å². The maximum Gasteiger partial charge on any atom is 0.227 e. The number of methoxy groups -OCH3 is 2. The van der Waals surface area contributed by atoms with Crippen molar-refractivity contribution in [1.29, 1.82) is 0 Å². The number of nitrogens with zero attached hydrogens (tertiary/aromatic N) is 1. The Balaban J connectivity index is 1.50. The van der Waals surface area contributed by atoms with Crippen molar-refractivity contribution in [2.75, 3.05) is 14.2 Å². The summed E-state index contributed by atoms with van der Waals surface area (Å²) < 4.78 is 10.9. The van der Waals surface area contributed by atoms with Gasteiger partial charge in [0.25, 0.3) is 0 Å². The van der Waals surface area contributed by atoms with Crippen LogP contribution in [0.4, 0.5) is 0 Å². The van der Waals surface area contributed by atoms with Crippen molar-refractivity contribution in [3.63, 3.8) is 0 Å². The number of carbonyl (C=O) groups is 1. The molecule has 0 saturated heterocycles. The van der Waals surface area contributed by atoms with Gasteiger partial charge in [0.1, 0.15) is 17.3 Å². The van der Waals surface area contributed by atoms with Gasteiger partial charge in [0.15, 0.2) is 0 Å². The fourth-order valence-corrected chi connectivity index (χ4v) is 4.03. The highest BCUT2D eigenvalue weighted by atomic mass is 16.5. The monoisotopic (exact) mass is 455 g/mol. The van der Waals surface area contributed by atoms with E-state index >= 15 is 0 Å². The number of rotatable bonds is 9. The summed E-state index contributed by atoms with van der Waals surface area (Å²) in [5.41, 5.74) is 4.68. The summed E-state index contributed by atoms with van der Waals surface area (Å²) in [5.74, 6) is 2.09. The average molecular weight is 456 g/mol. The van der Waals surface area contributed by atoms with Gasteiger partial charge in [-0.2, -0.15) is 0 Å². The van der Waals surface area contributed by atoms with Gasteiger partial charge in [0.2, 0.25) is 5.91 Å². The molecule has 4 rings (SSSR count). The molecule has 3 aromatic carbocycles. The Bertz CT molecular complexity index is 1250. The summed E-state index contributed by atoms with van der Waals surface area (Å²) in [6.45, 7) is 2.48. The van der Waals surface area contributed by atoms with E-state index in [4.69, 9.17) is 9.47 Å². The zero-order chi connectivity index (χ0) is 23.9. The SMILES string of the molecule is CC[C@@H](C(=O)NCc1cccc(-c2ncc(-c3cc(OC)ccc3OC)[nH]2)c1)c1ccccc1. The molecule has 1 amide bonds. The molecule has 6 nitrogen and oxygen atoms in total. The van der Waals surface area contributed by atoms with Gasteiger partial charge < -0.3 is 19.8 Å². The van der Waals surface area contributed by atoms with Crippen molar-refractivity contribution >= 4 is 5.91 Å². The van der Waals surface area contributed by atoms with Gasteiger partial charge in [0, 0.05) is 17.7 Å². The summed E-state index contributed by atoms with van der Waals surface area (Å²) in [7, 11) is 3.28. The van der Waals surface area contributed by atoms with Crippen molar-refractivity contribution in [2.24, 2.45) is 0 Å². The molecule has 0 aliphatic rings. The van der Waals surface area contributed by atoms with Gasteiger partial charge in [0.05, 0.1) is 32.0 Å². The Morgan fingerprint density at radius 1 is 1.00 bits per heavy atom. The Morgan fingerprint density at radius 3 is 2.56 bits per heavy atom. The third-order valence-electron chi connectivity index (χ3n) is 5.87. The molecule has 0 spiro atoms. The zero-order valence-corrected chi connectivity index (χ0v) is 19.7. The maximum atomic E-state index is 12.8. The van der Waals surface area contributed by atoms with E-state index in [1.165, 1.54) is 0 Å². The first-order chi connectivity index (χ1) is 16.6. The van der Waals surface area contributed by atoms with Gasteiger partial charge in [-0.15, -0.1) is 0 Å². The lowest BCUT2D eigenvalue weighted by Gasteiger charge is -2.15. The molecule has 0 radical (unpaired) electrons. The predicted octanol–water partition coefficient (Wildman–Crippen LogP) is 5.57. The van der Waals surface area contributed by atoms with Crippen LogP contribution in [0.2, 0.25) is 0 Å². The number of imidazole rings is 1. The molecule has 1 atom stereocenters. The highest BCUT2D eigenvalue weighted by Gasteiger charge is 2.18. The van der Waals surface area contributed by atoms with Crippen LogP contribution in [0.1, 0.15) is 30.4 Å². The summed E-state index contributed by atoms with van der Waals surface area (Å²) in [6.07, 6.45) is 2.53. The summed E-state index contributed by atoms with van der Waals surface area (Å²) >= 11 is 0. The Labute approximate surface area is 200 Å². The summed E-state index contributed by atoms with van der Waals surface area (Å²) in [6, 6.07) is 23.5. The number of aromatic amines is 1. The van der Waals surface area contributed by atoms with Crippen LogP contribution in [0.25, 0.3) is 22.6 Å². The number of hydrogen-bond donors (Lipinski definition) is 2.